The van der Waals surface area contributed by atoms with E-state index in [0.29, 0.717) is 24.1 Å². The standard InChI is InChI=1S/C29H35N3O5/c30-28(34)21(15-16-36-22-11-5-2-6-12-22)18-26(33)27(17-20-9-3-1-4-10-20)37-29(35)25-19-31-23-13-7-8-14-24(23)32-25/h1,3-4,7-10,13-14,19,21-22,26-27,33H,2,5-6,11-12,15-18H2,(H2,30,34)/t21-,26+,27+/m1/s1. The fourth-order valence-corrected chi connectivity index (χ4v) is 4.78. The molecule has 1 amide bonds. The van der Waals surface area contributed by atoms with Crippen molar-refractivity contribution in [3.05, 3.63) is 72.1 Å². The van der Waals surface area contributed by atoms with Gasteiger partial charge in [-0.1, -0.05) is 61.7 Å². The average Bonchev–Trinajstić information content (AvgIpc) is 2.92. The molecule has 3 atom stereocenters. The Morgan fingerprint density at radius 2 is 1.70 bits per heavy atom. The van der Waals surface area contributed by atoms with Gasteiger partial charge in [0.15, 0.2) is 5.69 Å². The predicted molar refractivity (Wildman–Crippen MR) is 140 cm³/mol. The SMILES string of the molecule is NC(=O)[C@H](CCOC1CCCCC1)C[C@H](O)[C@H](Cc1ccccc1)OC(=O)c1cnc2ccccc2n1. The summed E-state index contributed by atoms with van der Waals surface area (Å²) in [6.45, 7) is 0.404. The molecular formula is C29H35N3O5. The highest BCUT2D eigenvalue weighted by Crippen LogP contribution is 2.23. The van der Waals surface area contributed by atoms with E-state index in [0.717, 1.165) is 31.2 Å². The second-order valence-electron chi connectivity index (χ2n) is 9.70. The number of nitrogens with zero attached hydrogens (tertiary/aromatic N) is 2. The molecule has 3 aromatic rings. The van der Waals surface area contributed by atoms with E-state index in [9.17, 15) is 14.7 Å². The number of aliphatic hydroxyl groups is 1. The molecule has 0 radical (unpaired) electrons. The van der Waals surface area contributed by atoms with Crippen molar-refractivity contribution in [2.45, 2.75) is 69.7 Å². The van der Waals surface area contributed by atoms with Gasteiger partial charge in [-0.25, -0.2) is 9.78 Å². The number of fused-ring (bicyclic) bond motifs is 1. The molecule has 0 spiro atoms. The topological polar surface area (TPSA) is 125 Å². The van der Waals surface area contributed by atoms with Gasteiger partial charge in [-0.2, -0.15) is 0 Å². The van der Waals surface area contributed by atoms with Crippen LogP contribution < -0.4 is 5.73 Å². The van der Waals surface area contributed by atoms with Gasteiger partial charge in [0.25, 0.3) is 0 Å². The van der Waals surface area contributed by atoms with Crippen molar-refractivity contribution >= 4 is 22.9 Å². The largest absolute Gasteiger partial charge is 0.454 e. The minimum Gasteiger partial charge on any atom is -0.454 e. The minimum absolute atomic E-state index is 0.0521. The van der Waals surface area contributed by atoms with E-state index in [2.05, 4.69) is 9.97 Å². The number of hydrogen-bond acceptors (Lipinski definition) is 7. The Morgan fingerprint density at radius 1 is 1.00 bits per heavy atom. The van der Waals surface area contributed by atoms with Crippen LogP contribution in [-0.4, -0.2) is 51.9 Å². The Balaban J connectivity index is 1.43. The molecule has 8 heteroatoms. The number of para-hydroxylation sites is 2. The number of primary amides is 1. The normalized spacial score (nSPS) is 16.7. The first-order valence-corrected chi connectivity index (χ1v) is 13.1. The molecule has 1 aliphatic carbocycles. The number of aliphatic hydroxyl groups excluding tert-OH is 1. The molecule has 1 heterocycles. The smallest absolute Gasteiger partial charge is 0.358 e. The lowest BCUT2D eigenvalue weighted by molar-refractivity contribution is -0.124. The molecule has 1 aliphatic rings. The molecule has 0 bridgehead atoms. The maximum absolute atomic E-state index is 13.0. The monoisotopic (exact) mass is 505 g/mol. The van der Waals surface area contributed by atoms with Gasteiger partial charge < -0.3 is 20.3 Å². The van der Waals surface area contributed by atoms with Crippen molar-refractivity contribution in [3.8, 4) is 0 Å². The van der Waals surface area contributed by atoms with Crippen LogP contribution in [0.5, 0.6) is 0 Å². The third-order valence-electron chi connectivity index (χ3n) is 6.93. The summed E-state index contributed by atoms with van der Waals surface area (Å²) in [6, 6.07) is 16.7. The zero-order chi connectivity index (χ0) is 26.0. The summed E-state index contributed by atoms with van der Waals surface area (Å²) in [5.74, 6) is -1.79. The van der Waals surface area contributed by atoms with Crippen LogP contribution in [0.3, 0.4) is 0 Å². The van der Waals surface area contributed by atoms with E-state index in [1.165, 1.54) is 12.6 Å². The number of hydrogen-bond donors (Lipinski definition) is 2. The third kappa shape index (κ3) is 7.81. The Bertz CT molecular complexity index is 1170. The zero-order valence-electron chi connectivity index (χ0n) is 21.0. The number of rotatable bonds is 12. The van der Waals surface area contributed by atoms with Crippen LogP contribution >= 0.6 is 0 Å². The van der Waals surface area contributed by atoms with Gasteiger partial charge in [-0.05, 0) is 43.4 Å². The van der Waals surface area contributed by atoms with Crippen molar-refractivity contribution in [2.75, 3.05) is 6.61 Å². The van der Waals surface area contributed by atoms with Crippen LogP contribution in [-0.2, 0) is 20.7 Å². The second kappa shape index (κ2) is 13.3. The molecule has 196 valence electrons. The molecule has 4 rings (SSSR count). The van der Waals surface area contributed by atoms with Gasteiger partial charge in [0.2, 0.25) is 5.91 Å². The molecule has 3 N–H and O–H groups in total. The van der Waals surface area contributed by atoms with Crippen LogP contribution in [0.15, 0.2) is 60.8 Å². The van der Waals surface area contributed by atoms with Crippen molar-refractivity contribution < 1.29 is 24.2 Å². The number of ether oxygens (including phenoxy) is 2. The predicted octanol–water partition coefficient (Wildman–Crippen LogP) is 3.99. The van der Waals surface area contributed by atoms with Crippen molar-refractivity contribution in [2.24, 2.45) is 11.7 Å². The number of carbonyl (C=O) groups is 2. The molecule has 8 nitrogen and oxygen atoms in total. The quantitative estimate of drug-likeness (QED) is 0.357. The fraction of sp³-hybridized carbons (Fsp3) is 0.448. The highest BCUT2D eigenvalue weighted by molar-refractivity contribution is 5.89. The summed E-state index contributed by atoms with van der Waals surface area (Å²) in [5, 5.41) is 11.1. The number of amides is 1. The van der Waals surface area contributed by atoms with Gasteiger partial charge >= 0.3 is 5.97 Å². The first-order valence-electron chi connectivity index (χ1n) is 13.1. The van der Waals surface area contributed by atoms with Gasteiger partial charge in [0.1, 0.15) is 6.10 Å². The molecule has 1 fully saturated rings. The Labute approximate surface area is 217 Å². The molecule has 2 aromatic carbocycles. The van der Waals surface area contributed by atoms with Crippen molar-refractivity contribution in [3.63, 3.8) is 0 Å². The number of esters is 1. The summed E-state index contributed by atoms with van der Waals surface area (Å²) in [4.78, 5) is 33.8. The van der Waals surface area contributed by atoms with Crippen LogP contribution in [0.4, 0.5) is 0 Å². The lowest BCUT2D eigenvalue weighted by Gasteiger charge is -2.27. The van der Waals surface area contributed by atoms with Crippen molar-refractivity contribution in [1.29, 1.82) is 0 Å². The third-order valence-corrected chi connectivity index (χ3v) is 6.93. The molecule has 0 aliphatic heterocycles. The van der Waals surface area contributed by atoms with E-state index in [1.54, 1.807) is 12.1 Å². The summed E-state index contributed by atoms with van der Waals surface area (Å²) < 4.78 is 11.7. The summed E-state index contributed by atoms with van der Waals surface area (Å²) in [7, 11) is 0. The lowest BCUT2D eigenvalue weighted by Crippen LogP contribution is -2.38. The highest BCUT2D eigenvalue weighted by Gasteiger charge is 2.30. The zero-order valence-corrected chi connectivity index (χ0v) is 21.0. The van der Waals surface area contributed by atoms with E-state index in [1.807, 2.05) is 42.5 Å². The summed E-state index contributed by atoms with van der Waals surface area (Å²) in [6.07, 6.45) is 5.98. The Hall–Kier alpha value is -3.36. The molecule has 1 aromatic heterocycles. The van der Waals surface area contributed by atoms with Crippen molar-refractivity contribution in [1.82, 2.24) is 9.97 Å². The number of nitrogens with two attached hydrogens (primary N) is 1. The number of aromatic nitrogens is 2. The Morgan fingerprint density at radius 3 is 2.43 bits per heavy atom. The van der Waals surface area contributed by atoms with Crippen LogP contribution in [0.1, 0.15) is 61.0 Å². The Kier molecular flexibility index (Phi) is 9.57. The molecule has 1 saturated carbocycles. The average molecular weight is 506 g/mol. The van der Waals surface area contributed by atoms with Crippen LogP contribution in [0.2, 0.25) is 0 Å². The first-order chi connectivity index (χ1) is 18.0. The van der Waals surface area contributed by atoms with Gasteiger partial charge in [0.05, 0.1) is 29.4 Å². The maximum atomic E-state index is 13.0. The van der Waals surface area contributed by atoms with E-state index in [4.69, 9.17) is 15.2 Å². The molecule has 0 saturated heterocycles. The maximum Gasteiger partial charge on any atom is 0.358 e. The molecule has 0 unspecified atom stereocenters. The van der Waals surface area contributed by atoms with E-state index >= 15 is 0 Å². The lowest BCUT2D eigenvalue weighted by atomic mass is 9.92. The van der Waals surface area contributed by atoms with Gasteiger partial charge in [0, 0.05) is 18.9 Å². The highest BCUT2D eigenvalue weighted by atomic mass is 16.6. The van der Waals surface area contributed by atoms with Crippen LogP contribution in [0, 0.1) is 5.92 Å². The number of carbonyl (C=O) groups excluding carboxylic acids is 2. The minimum atomic E-state index is -1.11. The second-order valence-corrected chi connectivity index (χ2v) is 9.70. The summed E-state index contributed by atoms with van der Waals surface area (Å²) >= 11 is 0. The van der Waals surface area contributed by atoms with E-state index in [-0.39, 0.29) is 24.6 Å². The number of benzene rings is 2. The molecular weight excluding hydrogens is 470 g/mol. The van der Waals surface area contributed by atoms with Crippen LogP contribution in [0.25, 0.3) is 11.0 Å². The van der Waals surface area contributed by atoms with Gasteiger partial charge in [-0.15, -0.1) is 0 Å². The van der Waals surface area contributed by atoms with Gasteiger partial charge in [-0.3, -0.25) is 9.78 Å². The first kappa shape index (κ1) is 26.7. The molecule has 37 heavy (non-hydrogen) atoms. The fourth-order valence-electron chi connectivity index (χ4n) is 4.78. The summed E-state index contributed by atoms with van der Waals surface area (Å²) in [5.41, 5.74) is 7.85. The van der Waals surface area contributed by atoms with E-state index < -0.39 is 30.0 Å².